The summed E-state index contributed by atoms with van der Waals surface area (Å²) < 4.78 is 34.1. The Kier molecular flexibility index (Phi) is 4.84. The second kappa shape index (κ2) is 5.41. The number of phosphoric ester groups is 1. The van der Waals surface area contributed by atoms with Crippen LogP contribution in [-0.4, -0.2) is 56.4 Å². The van der Waals surface area contributed by atoms with E-state index in [9.17, 15) is 14.2 Å². The van der Waals surface area contributed by atoms with Crippen LogP contribution in [0.2, 0.25) is 0 Å². The minimum atomic E-state index is -5.20. The first-order valence-electron chi connectivity index (χ1n) is 4.33. The normalized spacial score (nSPS) is 33.6. The van der Waals surface area contributed by atoms with Gasteiger partial charge in [0.25, 0.3) is 0 Å². The average molecular weight is 294 g/mol. The molecule has 0 radical (unpaired) electrons. The van der Waals surface area contributed by atoms with Crippen LogP contribution in [0.5, 0.6) is 0 Å². The van der Waals surface area contributed by atoms with Crippen LogP contribution in [0.25, 0.3) is 0 Å². The molecule has 0 spiro atoms. The molecule has 1 unspecified atom stereocenters. The predicted octanol–water partition coefficient (Wildman–Crippen LogP) is -1.67. The van der Waals surface area contributed by atoms with E-state index in [0.717, 1.165) is 0 Å². The molecule has 5 N–H and O–H groups in total. The Hall–Kier alpha value is 0.140. The van der Waals surface area contributed by atoms with Gasteiger partial charge >= 0.3 is 15.6 Å². The summed E-state index contributed by atoms with van der Waals surface area (Å²) in [6.07, 6.45) is -3.72. The number of phosphoric acid groups is 2. The topological polar surface area (TPSA) is 163 Å². The van der Waals surface area contributed by atoms with E-state index in [2.05, 4.69) is 8.83 Å². The molecule has 10 nitrogen and oxygen atoms in total. The van der Waals surface area contributed by atoms with Crippen molar-refractivity contribution in [1.29, 1.82) is 0 Å². The third kappa shape index (κ3) is 4.72. The Bertz CT molecular complexity index is 351. The highest BCUT2D eigenvalue weighted by atomic mass is 31.3. The van der Waals surface area contributed by atoms with Crippen molar-refractivity contribution < 1.29 is 47.6 Å². The largest absolute Gasteiger partial charge is 0.481 e. The van der Waals surface area contributed by atoms with E-state index in [1.165, 1.54) is 0 Å². The molecule has 1 saturated heterocycles. The quantitative estimate of drug-likeness (QED) is 0.370. The maximum absolute atomic E-state index is 11.1. The zero-order chi connectivity index (χ0) is 13.3. The van der Waals surface area contributed by atoms with E-state index >= 15 is 0 Å². The van der Waals surface area contributed by atoms with E-state index in [4.69, 9.17) is 24.5 Å². The molecular weight excluding hydrogens is 282 g/mol. The van der Waals surface area contributed by atoms with Gasteiger partial charge in [-0.3, -0.25) is 4.52 Å². The molecule has 0 aromatic carbocycles. The number of ether oxygens (including phenoxy) is 1. The maximum atomic E-state index is 11.1. The summed E-state index contributed by atoms with van der Waals surface area (Å²) in [5.74, 6) is 0. The minimum Gasteiger partial charge on any atom is -0.394 e. The molecule has 102 valence electrons. The lowest BCUT2D eigenvalue weighted by atomic mass is 10.2. The fourth-order valence-corrected chi connectivity index (χ4v) is 2.99. The first-order valence-corrected chi connectivity index (χ1v) is 7.36. The molecule has 0 bridgehead atoms. The van der Waals surface area contributed by atoms with Crippen molar-refractivity contribution in [2.24, 2.45) is 0 Å². The summed E-state index contributed by atoms with van der Waals surface area (Å²) >= 11 is 0. The molecule has 0 amide bonds. The van der Waals surface area contributed by atoms with Crippen LogP contribution in [0, 0.1) is 0 Å². The first-order chi connectivity index (χ1) is 7.64. The Morgan fingerprint density at radius 2 is 1.88 bits per heavy atom. The standard InChI is InChI=1S/C5H12O10P2/c6-1-3-5(7)4(2-13-3)14-17(11,12)15-16(8,9)10/h3-7H,1-2H2,(H,11,12)(H2,8,9,10)/t3-,4+,5-/m1/s1. The fraction of sp³-hybridized carbons (Fsp3) is 1.00. The lowest BCUT2D eigenvalue weighted by Crippen LogP contribution is -2.33. The molecule has 0 aromatic rings. The van der Waals surface area contributed by atoms with Crippen LogP contribution in [0.15, 0.2) is 0 Å². The monoisotopic (exact) mass is 294 g/mol. The lowest BCUT2D eigenvalue weighted by molar-refractivity contribution is -0.00599. The summed E-state index contributed by atoms with van der Waals surface area (Å²) in [7, 11) is -10.2. The van der Waals surface area contributed by atoms with Crippen molar-refractivity contribution in [3.8, 4) is 0 Å². The molecule has 0 aromatic heterocycles. The van der Waals surface area contributed by atoms with Gasteiger partial charge in [0.15, 0.2) is 0 Å². The van der Waals surface area contributed by atoms with Crippen LogP contribution in [-0.2, 0) is 22.7 Å². The van der Waals surface area contributed by atoms with E-state index < -0.39 is 40.6 Å². The van der Waals surface area contributed by atoms with Gasteiger partial charge in [-0.25, -0.2) is 9.13 Å². The van der Waals surface area contributed by atoms with Gasteiger partial charge in [0.2, 0.25) is 0 Å². The Labute approximate surface area is 95.6 Å². The van der Waals surface area contributed by atoms with Crippen molar-refractivity contribution in [1.82, 2.24) is 0 Å². The second-order valence-corrected chi connectivity index (χ2v) is 6.01. The van der Waals surface area contributed by atoms with Crippen LogP contribution >= 0.6 is 15.6 Å². The van der Waals surface area contributed by atoms with Gasteiger partial charge in [-0.1, -0.05) is 0 Å². The van der Waals surface area contributed by atoms with E-state index in [1.807, 2.05) is 0 Å². The number of hydrogen-bond acceptors (Lipinski definition) is 7. The van der Waals surface area contributed by atoms with Gasteiger partial charge in [0, 0.05) is 0 Å². The van der Waals surface area contributed by atoms with E-state index in [0.29, 0.717) is 0 Å². The molecule has 1 rings (SSSR count). The molecule has 0 aliphatic carbocycles. The molecule has 1 fully saturated rings. The Morgan fingerprint density at radius 3 is 2.29 bits per heavy atom. The van der Waals surface area contributed by atoms with Crippen LogP contribution in [0.3, 0.4) is 0 Å². The number of hydrogen-bond donors (Lipinski definition) is 5. The molecule has 0 saturated carbocycles. The first kappa shape index (κ1) is 15.2. The van der Waals surface area contributed by atoms with Crippen LogP contribution < -0.4 is 0 Å². The van der Waals surface area contributed by atoms with Crippen molar-refractivity contribution in [2.45, 2.75) is 18.3 Å². The van der Waals surface area contributed by atoms with Gasteiger partial charge < -0.3 is 29.6 Å². The highest BCUT2D eigenvalue weighted by molar-refractivity contribution is 7.60. The summed E-state index contributed by atoms with van der Waals surface area (Å²) in [6, 6.07) is 0. The van der Waals surface area contributed by atoms with Crippen LogP contribution in [0.1, 0.15) is 0 Å². The van der Waals surface area contributed by atoms with Crippen molar-refractivity contribution in [3.63, 3.8) is 0 Å². The number of rotatable bonds is 5. The number of aliphatic hydroxyl groups excluding tert-OH is 2. The molecule has 17 heavy (non-hydrogen) atoms. The van der Waals surface area contributed by atoms with Crippen molar-refractivity contribution in [3.05, 3.63) is 0 Å². The summed E-state index contributed by atoms with van der Waals surface area (Å²) in [6.45, 7) is -0.850. The van der Waals surface area contributed by atoms with Gasteiger partial charge in [0.1, 0.15) is 18.3 Å². The van der Waals surface area contributed by atoms with Gasteiger partial charge in [-0.15, -0.1) is 0 Å². The fourth-order valence-electron chi connectivity index (χ4n) is 1.23. The molecule has 1 heterocycles. The third-order valence-electron chi connectivity index (χ3n) is 1.89. The Balaban J connectivity index is 2.60. The highest BCUT2D eigenvalue weighted by Gasteiger charge is 2.43. The number of aliphatic hydroxyl groups is 2. The van der Waals surface area contributed by atoms with Crippen LogP contribution in [0.4, 0.5) is 0 Å². The third-order valence-corrected chi connectivity index (χ3v) is 4.11. The van der Waals surface area contributed by atoms with E-state index in [-0.39, 0.29) is 6.61 Å². The highest BCUT2D eigenvalue weighted by Crippen LogP contribution is 2.58. The average Bonchev–Trinajstić information content (AvgIpc) is 2.43. The zero-order valence-electron chi connectivity index (χ0n) is 8.32. The minimum absolute atomic E-state index is 0.318. The smallest absolute Gasteiger partial charge is 0.394 e. The maximum Gasteiger partial charge on any atom is 0.481 e. The molecule has 12 heteroatoms. The summed E-state index contributed by atoms with van der Waals surface area (Å²) in [4.78, 5) is 25.6. The molecular formula is C5H12O10P2. The predicted molar refractivity (Wildman–Crippen MR) is 50.7 cm³/mol. The van der Waals surface area contributed by atoms with Gasteiger partial charge in [0.05, 0.1) is 13.2 Å². The lowest BCUT2D eigenvalue weighted by Gasteiger charge is -2.19. The molecule has 1 aliphatic heterocycles. The molecule has 1 aliphatic rings. The summed E-state index contributed by atoms with van der Waals surface area (Å²) in [5, 5.41) is 18.1. The molecule has 4 atom stereocenters. The van der Waals surface area contributed by atoms with E-state index in [1.54, 1.807) is 0 Å². The summed E-state index contributed by atoms with van der Waals surface area (Å²) in [5.41, 5.74) is 0. The Morgan fingerprint density at radius 1 is 1.29 bits per heavy atom. The second-order valence-electron chi connectivity index (χ2n) is 3.23. The van der Waals surface area contributed by atoms with Crippen molar-refractivity contribution >= 4 is 15.6 Å². The zero-order valence-corrected chi connectivity index (χ0v) is 10.1. The van der Waals surface area contributed by atoms with Gasteiger partial charge in [-0.05, 0) is 0 Å². The van der Waals surface area contributed by atoms with Gasteiger partial charge in [-0.2, -0.15) is 4.31 Å². The van der Waals surface area contributed by atoms with Crippen molar-refractivity contribution in [2.75, 3.05) is 13.2 Å². The SMILES string of the molecule is O=P(O)(O)OP(=O)(O)O[C@H]1CO[C@H](CO)[C@H]1O.